The SMILES string of the molecule is CC(C)(C)OC(=O)c1ccc(C(c2ccccc2)c2ccc(C(=O)[C@@H](N)Cc3c[nH]c4ccccc34)cc2)c(Cl)c1. The number of nitrogens with two attached hydrogens (primary N) is 1. The summed E-state index contributed by atoms with van der Waals surface area (Å²) in [7, 11) is 0. The van der Waals surface area contributed by atoms with Gasteiger partial charge in [-0.25, -0.2) is 4.79 Å². The summed E-state index contributed by atoms with van der Waals surface area (Å²) in [5, 5.41) is 1.54. The van der Waals surface area contributed by atoms with Gasteiger partial charge in [-0.2, -0.15) is 0 Å². The first-order valence-electron chi connectivity index (χ1n) is 13.6. The summed E-state index contributed by atoms with van der Waals surface area (Å²) >= 11 is 6.79. The lowest BCUT2D eigenvalue weighted by molar-refractivity contribution is 0.00694. The Morgan fingerprint density at radius 3 is 2.17 bits per heavy atom. The van der Waals surface area contributed by atoms with Gasteiger partial charge in [0, 0.05) is 33.6 Å². The van der Waals surface area contributed by atoms with Crippen LogP contribution < -0.4 is 5.73 Å². The maximum absolute atomic E-state index is 13.3. The molecule has 0 aliphatic carbocycles. The lowest BCUT2D eigenvalue weighted by Crippen LogP contribution is -2.32. The van der Waals surface area contributed by atoms with Crippen LogP contribution in [0.25, 0.3) is 10.9 Å². The zero-order chi connectivity index (χ0) is 29.1. The van der Waals surface area contributed by atoms with E-state index < -0.39 is 17.6 Å². The monoisotopic (exact) mass is 564 g/mol. The van der Waals surface area contributed by atoms with Gasteiger partial charge in [0.05, 0.1) is 11.6 Å². The van der Waals surface area contributed by atoms with Crippen molar-refractivity contribution in [2.45, 2.75) is 44.8 Å². The molecule has 0 amide bonds. The molecule has 1 heterocycles. The van der Waals surface area contributed by atoms with Gasteiger partial charge in [0.25, 0.3) is 0 Å². The number of benzene rings is 4. The number of Topliss-reactive ketones (excluding diaryl/α,β-unsaturated/α-hetero) is 1. The number of ether oxygens (including phenoxy) is 1. The third-order valence-electron chi connectivity index (χ3n) is 7.06. The number of aromatic nitrogens is 1. The molecule has 0 fully saturated rings. The predicted molar refractivity (Wildman–Crippen MR) is 165 cm³/mol. The predicted octanol–water partition coefficient (Wildman–Crippen LogP) is 7.71. The van der Waals surface area contributed by atoms with Crippen LogP contribution in [0.4, 0.5) is 0 Å². The standard InChI is InChI=1S/C35H33ClN2O3/c1-35(2,3)41-34(40)25-17-18-28(29(36)19-25)32(22-9-5-4-6-10-22)23-13-15-24(16-14-23)33(39)30(37)20-26-21-38-31-12-8-7-11-27(26)31/h4-19,21,30,32,38H,20,37H2,1-3H3/t30-,32?/m0/s1. The summed E-state index contributed by atoms with van der Waals surface area (Å²) in [5.41, 5.74) is 11.6. The highest BCUT2D eigenvalue weighted by atomic mass is 35.5. The summed E-state index contributed by atoms with van der Waals surface area (Å²) in [6, 6.07) is 30.1. The van der Waals surface area contributed by atoms with E-state index >= 15 is 0 Å². The minimum Gasteiger partial charge on any atom is -0.456 e. The highest BCUT2D eigenvalue weighted by Gasteiger charge is 2.24. The van der Waals surface area contributed by atoms with E-state index in [9.17, 15) is 9.59 Å². The number of aromatic amines is 1. The fourth-order valence-corrected chi connectivity index (χ4v) is 5.40. The van der Waals surface area contributed by atoms with Gasteiger partial charge in [-0.05, 0) is 67.6 Å². The Bertz CT molecular complexity index is 1680. The minimum atomic E-state index is -0.667. The molecule has 1 unspecified atom stereocenters. The number of esters is 1. The van der Waals surface area contributed by atoms with E-state index in [2.05, 4.69) is 4.98 Å². The van der Waals surface area contributed by atoms with Gasteiger partial charge in [0.1, 0.15) is 5.60 Å². The molecule has 3 N–H and O–H groups in total. The van der Waals surface area contributed by atoms with E-state index in [4.69, 9.17) is 22.1 Å². The molecule has 0 radical (unpaired) electrons. The van der Waals surface area contributed by atoms with Crippen LogP contribution in [-0.2, 0) is 11.2 Å². The molecule has 5 rings (SSSR count). The molecule has 0 aliphatic heterocycles. The van der Waals surface area contributed by atoms with E-state index in [1.165, 1.54) is 0 Å². The van der Waals surface area contributed by atoms with Gasteiger partial charge >= 0.3 is 5.97 Å². The van der Waals surface area contributed by atoms with Crippen molar-refractivity contribution < 1.29 is 14.3 Å². The second-order valence-corrected chi connectivity index (χ2v) is 11.6. The van der Waals surface area contributed by atoms with Crippen molar-refractivity contribution in [1.82, 2.24) is 4.98 Å². The van der Waals surface area contributed by atoms with E-state index in [0.29, 0.717) is 22.6 Å². The third kappa shape index (κ3) is 6.43. The van der Waals surface area contributed by atoms with Crippen molar-refractivity contribution in [1.29, 1.82) is 0 Å². The first-order chi connectivity index (χ1) is 19.6. The normalized spacial score (nSPS) is 13.1. The summed E-state index contributed by atoms with van der Waals surface area (Å²) in [4.78, 5) is 29.2. The molecule has 0 aliphatic rings. The zero-order valence-corrected chi connectivity index (χ0v) is 24.1. The molecular weight excluding hydrogens is 532 g/mol. The number of fused-ring (bicyclic) bond motifs is 1. The Kier molecular flexibility index (Phi) is 8.11. The van der Waals surface area contributed by atoms with Gasteiger partial charge in [0.2, 0.25) is 0 Å². The van der Waals surface area contributed by atoms with Crippen LogP contribution in [0.15, 0.2) is 103 Å². The van der Waals surface area contributed by atoms with Crippen LogP contribution in [0, 0.1) is 0 Å². The van der Waals surface area contributed by atoms with Crippen molar-refractivity contribution in [2.24, 2.45) is 5.73 Å². The molecule has 0 saturated carbocycles. The number of carbonyl (C=O) groups is 2. The molecule has 0 spiro atoms. The number of nitrogens with one attached hydrogen (secondary N) is 1. The van der Waals surface area contributed by atoms with Crippen LogP contribution in [-0.4, -0.2) is 28.4 Å². The molecule has 208 valence electrons. The fourth-order valence-electron chi connectivity index (χ4n) is 5.11. The summed E-state index contributed by atoms with van der Waals surface area (Å²) in [6.45, 7) is 5.49. The number of rotatable bonds is 8. The quantitative estimate of drug-likeness (QED) is 0.115. The molecule has 2 atom stereocenters. The van der Waals surface area contributed by atoms with Gasteiger partial charge in [-0.3, -0.25) is 4.79 Å². The maximum atomic E-state index is 13.3. The lowest BCUT2D eigenvalue weighted by Gasteiger charge is -2.22. The Hall–Kier alpha value is -4.19. The zero-order valence-electron chi connectivity index (χ0n) is 23.4. The number of H-pyrrole nitrogens is 1. The number of hydrogen-bond donors (Lipinski definition) is 2. The van der Waals surface area contributed by atoms with Crippen LogP contribution >= 0.6 is 11.6 Å². The second kappa shape index (κ2) is 11.7. The fraction of sp³-hybridized carbons (Fsp3) is 0.200. The number of carbonyl (C=O) groups excluding carboxylic acids is 2. The molecule has 1 aromatic heterocycles. The van der Waals surface area contributed by atoms with Crippen molar-refractivity contribution in [3.05, 3.63) is 142 Å². The van der Waals surface area contributed by atoms with E-state index in [1.807, 2.05) is 112 Å². The highest BCUT2D eigenvalue weighted by molar-refractivity contribution is 6.31. The average Bonchev–Trinajstić information content (AvgIpc) is 3.36. The summed E-state index contributed by atoms with van der Waals surface area (Å²) in [6.07, 6.45) is 2.36. The smallest absolute Gasteiger partial charge is 0.338 e. The van der Waals surface area contributed by atoms with Crippen LogP contribution in [0.3, 0.4) is 0 Å². The molecule has 0 bridgehead atoms. The summed E-state index contributed by atoms with van der Waals surface area (Å²) in [5.74, 6) is -0.743. The van der Waals surface area contributed by atoms with Crippen molar-refractivity contribution in [3.8, 4) is 0 Å². The molecule has 5 aromatic rings. The number of ketones is 1. The van der Waals surface area contributed by atoms with Gasteiger partial charge in [-0.15, -0.1) is 0 Å². The van der Waals surface area contributed by atoms with Gasteiger partial charge in [0.15, 0.2) is 5.78 Å². The molecule has 4 aromatic carbocycles. The molecule has 0 saturated heterocycles. The average molecular weight is 565 g/mol. The Morgan fingerprint density at radius 1 is 0.854 bits per heavy atom. The topological polar surface area (TPSA) is 85.2 Å². The number of halogens is 1. The Morgan fingerprint density at radius 2 is 1.49 bits per heavy atom. The maximum Gasteiger partial charge on any atom is 0.338 e. The number of para-hydroxylation sites is 1. The van der Waals surface area contributed by atoms with Crippen LogP contribution in [0.5, 0.6) is 0 Å². The molecule has 5 nitrogen and oxygen atoms in total. The minimum absolute atomic E-state index is 0.113. The third-order valence-corrected chi connectivity index (χ3v) is 7.39. The van der Waals surface area contributed by atoms with E-state index in [1.54, 1.807) is 12.1 Å². The van der Waals surface area contributed by atoms with Crippen LogP contribution in [0.1, 0.15) is 69.7 Å². The first kappa shape index (κ1) is 28.3. The van der Waals surface area contributed by atoms with Crippen molar-refractivity contribution in [3.63, 3.8) is 0 Å². The Labute approximate surface area is 245 Å². The number of hydrogen-bond acceptors (Lipinski definition) is 4. The second-order valence-electron chi connectivity index (χ2n) is 11.2. The lowest BCUT2D eigenvalue weighted by atomic mass is 9.84. The Balaban J connectivity index is 1.41. The highest BCUT2D eigenvalue weighted by Crippen LogP contribution is 2.37. The largest absolute Gasteiger partial charge is 0.456 e. The van der Waals surface area contributed by atoms with E-state index in [-0.39, 0.29) is 11.7 Å². The van der Waals surface area contributed by atoms with E-state index in [0.717, 1.165) is 33.2 Å². The van der Waals surface area contributed by atoms with Gasteiger partial charge in [-0.1, -0.05) is 90.5 Å². The molecular formula is C35H33ClN2O3. The summed E-state index contributed by atoms with van der Waals surface area (Å²) < 4.78 is 5.52. The van der Waals surface area contributed by atoms with Gasteiger partial charge < -0.3 is 15.5 Å². The first-order valence-corrected chi connectivity index (χ1v) is 14.0. The van der Waals surface area contributed by atoms with Crippen molar-refractivity contribution in [2.75, 3.05) is 0 Å². The molecule has 6 heteroatoms. The van der Waals surface area contributed by atoms with Crippen LogP contribution in [0.2, 0.25) is 5.02 Å². The van der Waals surface area contributed by atoms with Crippen molar-refractivity contribution >= 4 is 34.3 Å². The molecule has 41 heavy (non-hydrogen) atoms.